The first-order valence-electron chi connectivity index (χ1n) is 10.2. The van der Waals surface area contributed by atoms with Crippen molar-refractivity contribution in [2.24, 2.45) is 0 Å². The maximum absolute atomic E-state index is 2.29. The fraction of sp³-hybridized carbons (Fsp3) is 0.143. The van der Waals surface area contributed by atoms with E-state index in [0.29, 0.717) is 0 Å². The smallest absolute Gasteiger partial charge is 0.0461 e. The van der Waals surface area contributed by atoms with Crippen LogP contribution in [0.2, 0.25) is 0 Å². The van der Waals surface area contributed by atoms with Gasteiger partial charge in [-0.15, -0.1) is 0 Å². The summed E-state index contributed by atoms with van der Waals surface area (Å²) in [4.78, 5) is 2.29. The molecule has 0 aliphatic carbocycles. The van der Waals surface area contributed by atoms with E-state index in [0.717, 1.165) is 17.8 Å². The lowest BCUT2D eigenvalue weighted by molar-refractivity contribution is 1.17. The van der Waals surface area contributed by atoms with E-state index in [1.165, 1.54) is 22.4 Å². The largest absolute Gasteiger partial charge is 0.311 e. The molecule has 0 aliphatic rings. The lowest BCUT2D eigenvalue weighted by atomic mass is 10.1. The molecule has 0 bridgehead atoms. The Morgan fingerprint density at radius 1 is 0.759 bits per heavy atom. The summed E-state index contributed by atoms with van der Waals surface area (Å²) in [7, 11) is 0. The number of para-hydroxylation sites is 1. The minimum absolute atomic E-state index is 1.02. The second-order valence-electron chi connectivity index (χ2n) is 7.03. The fourth-order valence-electron chi connectivity index (χ4n) is 3.17. The first-order valence-corrected chi connectivity index (χ1v) is 10.2. The SMILES string of the molecule is C/C=C(\C=C/CC)N(c1ccccc1)c1ccc(/C=C/c2ccc(C)cc2)cc1. The summed E-state index contributed by atoms with van der Waals surface area (Å²) in [5.74, 6) is 0. The molecule has 0 unspecified atom stereocenters. The van der Waals surface area contributed by atoms with Gasteiger partial charge in [0.15, 0.2) is 0 Å². The van der Waals surface area contributed by atoms with Crippen molar-refractivity contribution < 1.29 is 0 Å². The van der Waals surface area contributed by atoms with Crippen molar-refractivity contribution in [1.82, 2.24) is 0 Å². The van der Waals surface area contributed by atoms with E-state index in [9.17, 15) is 0 Å². The highest BCUT2D eigenvalue weighted by Gasteiger charge is 2.11. The van der Waals surface area contributed by atoms with E-state index in [1.54, 1.807) is 0 Å². The minimum atomic E-state index is 1.02. The summed E-state index contributed by atoms with van der Waals surface area (Å²) < 4.78 is 0. The van der Waals surface area contributed by atoms with Gasteiger partial charge in [-0.2, -0.15) is 0 Å². The zero-order valence-corrected chi connectivity index (χ0v) is 17.5. The zero-order valence-electron chi connectivity index (χ0n) is 17.5. The molecule has 0 fully saturated rings. The molecule has 0 spiro atoms. The van der Waals surface area contributed by atoms with Crippen LogP contribution in [0, 0.1) is 6.92 Å². The third-order valence-electron chi connectivity index (χ3n) is 4.79. The van der Waals surface area contributed by atoms with Crippen LogP contribution < -0.4 is 4.90 Å². The highest BCUT2D eigenvalue weighted by atomic mass is 15.1. The number of anilines is 2. The average Bonchev–Trinajstić information content (AvgIpc) is 2.77. The average molecular weight is 380 g/mol. The molecule has 29 heavy (non-hydrogen) atoms. The van der Waals surface area contributed by atoms with Crippen molar-refractivity contribution in [3.05, 3.63) is 119 Å². The number of rotatable bonds is 7. The minimum Gasteiger partial charge on any atom is -0.311 e. The number of allylic oxidation sites excluding steroid dienone is 3. The van der Waals surface area contributed by atoms with Gasteiger partial charge >= 0.3 is 0 Å². The molecule has 0 radical (unpaired) electrons. The van der Waals surface area contributed by atoms with Crippen molar-refractivity contribution >= 4 is 23.5 Å². The van der Waals surface area contributed by atoms with Crippen LogP contribution in [0.5, 0.6) is 0 Å². The van der Waals surface area contributed by atoms with Crippen LogP contribution in [-0.2, 0) is 0 Å². The van der Waals surface area contributed by atoms with Gasteiger partial charge in [-0.3, -0.25) is 0 Å². The van der Waals surface area contributed by atoms with Gasteiger partial charge in [0, 0.05) is 17.1 Å². The lowest BCUT2D eigenvalue weighted by Crippen LogP contribution is -2.14. The number of hydrogen-bond donors (Lipinski definition) is 0. The molecule has 3 aromatic rings. The molecular weight excluding hydrogens is 350 g/mol. The van der Waals surface area contributed by atoms with Gasteiger partial charge in [0.05, 0.1) is 0 Å². The molecule has 0 amide bonds. The number of aryl methyl sites for hydroxylation is 1. The molecule has 0 heterocycles. The van der Waals surface area contributed by atoms with E-state index in [1.807, 2.05) is 0 Å². The standard InChI is InChI=1S/C28H29N/c1-4-6-10-26(5-2)29(27-11-8-7-9-12-27)28-21-19-25(20-22-28)18-17-24-15-13-23(3)14-16-24/h5-22H,4H2,1-3H3/b10-6-,18-17+,26-5+. The summed E-state index contributed by atoms with van der Waals surface area (Å²) in [5.41, 5.74) is 7.16. The first-order chi connectivity index (χ1) is 14.2. The molecule has 3 rings (SSSR count). The van der Waals surface area contributed by atoms with E-state index in [-0.39, 0.29) is 0 Å². The van der Waals surface area contributed by atoms with E-state index >= 15 is 0 Å². The Balaban J connectivity index is 1.88. The van der Waals surface area contributed by atoms with Crippen molar-refractivity contribution in [1.29, 1.82) is 0 Å². The van der Waals surface area contributed by atoms with Crippen LogP contribution >= 0.6 is 0 Å². The molecule has 0 atom stereocenters. The van der Waals surface area contributed by atoms with Crippen molar-refractivity contribution in [2.75, 3.05) is 4.90 Å². The van der Waals surface area contributed by atoms with Crippen molar-refractivity contribution in [3.8, 4) is 0 Å². The van der Waals surface area contributed by atoms with Gasteiger partial charge in [0.2, 0.25) is 0 Å². The second kappa shape index (κ2) is 10.3. The molecule has 0 saturated carbocycles. The number of nitrogens with zero attached hydrogens (tertiary/aromatic N) is 1. The number of benzene rings is 3. The van der Waals surface area contributed by atoms with Crippen LogP contribution in [0.25, 0.3) is 12.2 Å². The molecule has 3 aromatic carbocycles. The summed E-state index contributed by atoms with van der Waals surface area (Å²) in [6, 6.07) is 27.8. The van der Waals surface area contributed by atoms with E-state index in [4.69, 9.17) is 0 Å². The van der Waals surface area contributed by atoms with E-state index < -0.39 is 0 Å². The topological polar surface area (TPSA) is 3.24 Å². The van der Waals surface area contributed by atoms with Crippen molar-refractivity contribution in [2.45, 2.75) is 27.2 Å². The van der Waals surface area contributed by atoms with Crippen LogP contribution in [0.3, 0.4) is 0 Å². The lowest BCUT2D eigenvalue weighted by Gasteiger charge is -2.26. The molecule has 0 aliphatic heterocycles. The maximum Gasteiger partial charge on any atom is 0.0461 e. The van der Waals surface area contributed by atoms with Crippen LogP contribution in [0.4, 0.5) is 11.4 Å². The molecule has 146 valence electrons. The summed E-state index contributed by atoms with van der Waals surface area (Å²) >= 11 is 0. The van der Waals surface area contributed by atoms with Crippen molar-refractivity contribution in [3.63, 3.8) is 0 Å². The molecule has 0 saturated heterocycles. The predicted molar refractivity (Wildman–Crippen MR) is 128 cm³/mol. The normalized spacial score (nSPS) is 12.0. The van der Waals surface area contributed by atoms with Crippen LogP contribution in [-0.4, -0.2) is 0 Å². The van der Waals surface area contributed by atoms with Gasteiger partial charge in [0.25, 0.3) is 0 Å². The predicted octanol–water partition coefficient (Wildman–Crippen LogP) is 8.17. The summed E-state index contributed by atoms with van der Waals surface area (Å²) in [6.07, 6.45) is 11.9. The van der Waals surface area contributed by atoms with E-state index in [2.05, 4.69) is 135 Å². The Morgan fingerprint density at radius 2 is 1.31 bits per heavy atom. The molecule has 1 nitrogen and oxygen atoms in total. The van der Waals surface area contributed by atoms with Gasteiger partial charge in [-0.05, 0) is 61.7 Å². The van der Waals surface area contributed by atoms with Gasteiger partial charge in [-0.25, -0.2) is 0 Å². The highest BCUT2D eigenvalue weighted by molar-refractivity contribution is 5.74. The fourth-order valence-corrected chi connectivity index (χ4v) is 3.17. The first kappa shape index (κ1) is 20.4. The molecule has 1 heteroatoms. The van der Waals surface area contributed by atoms with Crippen LogP contribution in [0.15, 0.2) is 103 Å². The maximum atomic E-state index is 2.29. The quantitative estimate of drug-likeness (QED) is 0.295. The third kappa shape index (κ3) is 5.58. The van der Waals surface area contributed by atoms with Gasteiger partial charge < -0.3 is 4.90 Å². The highest BCUT2D eigenvalue weighted by Crippen LogP contribution is 2.30. The molecule has 0 aromatic heterocycles. The third-order valence-corrected chi connectivity index (χ3v) is 4.79. The summed E-state index contributed by atoms with van der Waals surface area (Å²) in [5, 5.41) is 0. The van der Waals surface area contributed by atoms with Gasteiger partial charge in [0.1, 0.15) is 0 Å². The Hall–Kier alpha value is -3.32. The Kier molecular flexibility index (Phi) is 7.24. The monoisotopic (exact) mass is 379 g/mol. The molecular formula is C28H29N. The number of hydrogen-bond acceptors (Lipinski definition) is 1. The Morgan fingerprint density at radius 3 is 1.86 bits per heavy atom. The Bertz CT molecular complexity index is 975. The molecule has 0 N–H and O–H groups in total. The zero-order chi connectivity index (χ0) is 20.5. The Labute approximate surface area is 175 Å². The summed E-state index contributed by atoms with van der Waals surface area (Å²) in [6.45, 7) is 6.36. The van der Waals surface area contributed by atoms with Gasteiger partial charge in [-0.1, -0.05) is 91.4 Å². The second-order valence-corrected chi connectivity index (χ2v) is 7.03. The van der Waals surface area contributed by atoms with Crippen LogP contribution in [0.1, 0.15) is 37.0 Å².